The van der Waals surface area contributed by atoms with Crippen molar-refractivity contribution in [3.8, 4) is 0 Å². The summed E-state index contributed by atoms with van der Waals surface area (Å²) in [5, 5.41) is 18.8. The molecule has 2 rings (SSSR count). The number of cyclic esters (lactones) is 1. The molecule has 0 aromatic carbocycles. The summed E-state index contributed by atoms with van der Waals surface area (Å²) in [6, 6.07) is 0. The van der Waals surface area contributed by atoms with Crippen LogP contribution >= 0.6 is 0 Å². The van der Waals surface area contributed by atoms with Crippen LogP contribution in [0.4, 0.5) is 0 Å². The van der Waals surface area contributed by atoms with E-state index >= 15 is 0 Å². The maximum Gasteiger partial charge on any atom is 0.377 e. The van der Waals surface area contributed by atoms with Gasteiger partial charge in [-0.2, -0.15) is 0 Å². The number of aliphatic hydroxyl groups excluding tert-OH is 2. The van der Waals surface area contributed by atoms with Crippen LogP contribution < -0.4 is 0 Å². The molecule has 6 heteroatoms. The smallest absolute Gasteiger partial charge is 0.377 e. The van der Waals surface area contributed by atoms with Gasteiger partial charge in [-0.25, -0.2) is 4.79 Å². The molecule has 1 fully saturated rings. The number of ether oxygens (including phenoxy) is 3. The maximum atomic E-state index is 11.1. The Labute approximate surface area is 105 Å². The number of rotatable bonds is 3. The van der Waals surface area contributed by atoms with Crippen LogP contribution in [0.1, 0.15) is 27.2 Å². The highest BCUT2D eigenvalue weighted by Crippen LogP contribution is 2.34. The summed E-state index contributed by atoms with van der Waals surface area (Å²) in [5.41, 5.74) is 0. The van der Waals surface area contributed by atoms with Crippen molar-refractivity contribution in [2.24, 2.45) is 5.92 Å². The van der Waals surface area contributed by atoms with Crippen molar-refractivity contribution in [1.82, 2.24) is 0 Å². The summed E-state index contributed by atoms with van der Waals surface area (Å²) < 4.78 is 16.1. The molecule has 2 N–H and O–H groups in total. The van der Waals surface area contributed by atoms with Crippen LogP contribution in [-0.2, 0) is 19.0 Å². The van der Waals surface area contributed by atoms with Crippen molar-refractivity contribution < 1.29 is 29.2 Å². The lowest BCUT2D eigenvalue weighted by atomic mass is 10.0. The van der Waals surface area contributed by atoms with E-state index in [4.69, 9.17) is 14.2 Å². The van der Waals surface area contributed by atoms with E-state index in [0.29, 0.717) is 12.3 Å². The number of hydrogen-bond donors (Lipinski definition) is 2. The largest absolute Gasteiger partial charge is 0.505 e. The fraction of sp³-hybridized carbons (Fsp3) is 0.750. The van der Waals surface area contributed by atoms with Crippen molar-refractivity contribution in [2.75, 3.05) is 6.61 Å². The minimum Gasteiger partial charge on any atom is -0.505 e. The van der Waals surface area contributed by atoms with Gasteiger partial charge >= 0.3 is 5.97 Å². The molecule has 0 aliphatic carbocycles. The Morgan fingerprint density at radius 2 is 2.11 bits per heavy atom. The lowest BCUT2D eigenvalue weighted by Gasteiger charge is -2.26. The average molecular weight is 258 g/mol. The highest BCUT2D eigenvalue weighted by atomic mass is 16.8. The van der Waals surface area contributed by atoms with Crippen LogP contribution in [0.5, 0.6) is 0 Å². The second kappa shape index (κ2) is 4.44. The van der Waals surface area contributed by atoms with Gasteiger partial charge in [0.25, 0.3) is 0 Å². The zero-order valence-electron chi connectivity index (χ0n) is 10.7. The van der Waals surface area contributed by atoms with Crippen LogP contribution in [0.25, 0.3) is 0 Å². The van der Waals surface area contributed by atoms with Crippen molar-refractivity contribution in [3.63, 3.8) is 0 Å². The predicted molar refractivity (Wildman–Crippen MR) is 60.8 cm³/mol. The van der Waals surface area contributed by atoms with Crippen molar-refractivity contribution >= 4 is 5.97 Å². The zero-order valence-corrected chi connectivity index (χ0v) is 10.7. The van der Waals surface area contributed by atoms with Crippen molar-refractivity contribution in [2.45, 2.75) is 45.2 Å². The van der Waals surface area contributed by atoms with Crippen LogP contribution in [0.15, 0.2) is 11.5 Å². The van der Waals surface area contributed by atoms with E-state index in [9.17, 15) is 15.0 Å². The second-order valence-corrected chi connectivity index (χ2v) is 5.26. The molecule has 0 aromatic rings. The quantitative estimate of drug-likeness (QED) is 0.745. The molecule has 0 unspecified atom stereocenters. The van der Waals surface area contributed by atoms with Gasteiger partial charge in [0, 0.05) is 6.42 Å². The summed E-state index contributed by atoms with van der Waals surface area (Å²) in [5.74, 6) is -2.52. The van der Waals surface area contributed by atoms with Gasteiger partial charge in [0.05, 0.1) is 6.61 Å². The molecule has 2 aliphatic heterocycles. The van der Waals surface area contributed by atoms with E-state index in [2.05, 4.69) is 0 Å². The molecular formula is C12H18O6. The molecule has 0 saturated carbocycles. The lowest BCUT2D eigenvalue weighted by Crippen LogP contribution is -2.34. The van der Waals surface area contributed by atoms with Gasteiger partial charge in [0.15, 0.2) is 17.7 Å². The van der Waals surface area contributed by atoms with Gasteiger partial charge in [-0.15, -0.1) is 0 Å². The zero-order chi connectivity index (χ0) is 13.5. The van der Waals surface area contributed by atoms with Gasteiger partial charge in [-0.3, -0.25) is 0 Å². The first kappa shape index (κ1) is 13.2. The Kier molecular flexibility index (Phi) is 3.25. The normalized spacial score (nSPS) is 36.6. The summed E-state index contributed by atoms with van der Waals surface area (Å²) in [4.78, 5) is 11.1. The summed E-state index contributed by atoms with van der Waals surface area (Å²) >= 11 is 0. The van der Waals surface area contributed by atoms with E-state index in [-0.39, 0.29) is 6.61 Å². The fourth-order valence-electron chi connectivity index (χ4n) is 2.36. The van der Waals surface area contributed by atoms with Crippen LogP contribution in [0.2, 0.25) is 0 Å². The molecule has 1 saturated heterocycles. The minimum absolute atomic E-state index is 0.207. The molecule has 102 valence electrons. The van der Waals surface area contributed by atoms with Crippen LogP contribution in [-0.4, -0.2) is 40.8 Å². The SMILES string of the molecule is CC(C)C[C@]1(C)OC[C@@H]([C@H]2OC(=O)C(O)=C2O)O1. The van der Waals surface area contributed by atoms with E-state index < -0.39 is 35.5 Å². The van der Waals surface area contributed by atoms with E-state index in [1.54, 1.807) is 0 Å². The van der Waals surface area contributed by atoms with Crippen molar-refractivity contribution in [3.05, 3.63) is 11.5 Å². The second-order valence-electron chi connectivity index (χ2n) is 5.26. The third-order valence-corrected chi connectivity index (χ3v) is 3.01. The maximum absolute atomic E-state index is 11.1. The number of aliphatic hydroxyl groups is 2. The summed E-state index contributed by atoms with van der Waals surface area (Å²) in [7, 11) is 0. The molecule has 0 radical (unpaired) electrons. The number of carbonyl (C=O) groups is 1. The monoisotopic (exact) mass is 258 g/mol. The highest BCUT2D eigenvalue weighted by molar-refractivity contribution is 5.89. The van der Waals surface area contributed by atoms with Gasteiger partial charge in [0.1, 0.15) is 6.10 Å². The molecule has 2 heterocycles. The minimum atomic E-state index is -0.980. The van der Waals surface area contributed by atoms with Gasteiger partial charge in [-0.1, -0.05) is 13.8 Å². The van der Waals surface area contributed by atoms with Crippen LogP contribution in [0.3, 0.4) is 0 Å². The third-order valence-electron chi connectivity index (χ3n) is 3.01. The first-order valence-electron chi connectivity index (χ1n) is 5.97. The Hall–Kier alpha value is -1.27. The Bertz CT molecular complexity index is 388. The third kappa shape index (κ3) is 2.30. The molecule has 0 amide bonds. The lowest BCUT2D eigenvalue weighted by molar-refractivity contribution is -0.178. The van der Waals surface area contributed by atoms with Crippen molar-refractivity contribution in [1.29, 1.82) is 0 Å². The topological polar surface area (TPSA) is 85.2 Å². The molecule has 18 heavy (non-hydrogen) atoms. The fourth-order valence-corrected chi connectivity index (χ4v) is 2.36. The molecule has 6 nitrogen and oxygen atoms in total. The summed E-state index contributed by atoms with van der Waals surface area (Å²) in [6.07, 6.45) is -0.880. The number of carbonyl (C=O) groups excluding carboxylic acids is 1. The van der Waals surface area contributed by atoms with E-state index in [1.807, 2.05) is 20.8 Å². The molecular weight excluding hydrogens is 240 g/mol. The average Bonchev–Trinajstić information content (AvgIpc) is 2.74. The number of hydrogen-bond acceptors (Lipinski definition) is 6. The molecule has 3 atom stereocenters. The van der Waals surface area contributed by atoms with Crippen LogP contribution in [0, 0.1) is 5.92 Å². The van der Waals surface area contributed by atoms with E-state index in [0.717, 1.165) is 0 Å². The first-order valence-corrected chi connectivity index (χ1v) is 5.97. The molecule has 0 bridgehead atoms. The van der Waals surface area contributed by atoms with Gasteiger partial charge in [-0.05, 0) is 12.8 Å². The van der Waals surface area contributed by atoms with E-state index in [1.165, 1.54) is 0 Å². The molecule has 2 aliphatic rings. The predicted octanol–water partition coefficient (Wildman–Crippen LogP) is 1.42. The summed E-state index contributed by atoms with van der Waals surface area (Å²) in [6.45, 7) is 6.11. The molecule has 0 aromatic heterocycles. The standard InChI is InChI=1S/C12H18O6/c1-6(2)4-12(3)16-5-7(18-12)10-8(13)9(14)11(15)17-10/h6-7,10,13-14H,4-5H2,1-3H3/t7-,10+,12+/m0/s1. The first-order chi connectivity index (χ1) is 8.32. The van der Waals surface area contributed by atoms with Gasteiger partial charge < -0.3 is 24.4 Å². The van der Waals surface area contributed by atoms with Gasteiger partial charge in [0.2, 0.25) is 5.76 Å². The number of esters is 1. The molecule has 0 spiro atoms. The Balaban J connectivity index is 2.04. The highest BCUT2D eigenvalue weighted by Gasteiger charge is 2.48. The Morgan fingerprint density at radius 3 is 2.61 bits per heavy atom. The Morgan fingerprint density at radius 1 is 1.44 bits per heavy atom.